The summed E-state index contributed by atoms with van der Waals surface area (Å²) < 4.78 is 20.8. The van der Waals surface area contributed by atoms with Crippen LogP contribution in [0.15, 0.2) is 36.4 Å². The first-order valence-electron chi connectivity index (χ1n) is 10.2. The van der Waals surface area contributed by atoms with Crippen molar-refractivity contribution >= 4 is 17.4 Å². The first-order valence-corrected chi connectivity index (χ1v) is 10.2. The van der Waals surface area contributed by atoms with E-state index in [9.17, 15) is 9.18 Å². The monoisotopic (exact) mass is 410 g/mol. The number of fused-ring (bicyclic) bond motifs is 2. The van der Waals surface area contributed by atoms with Crippen molar-refractivity contribution in [1.82, 2.24) is 24.7 Å². The predicted molar refractivity (Wildman–Crippen MR) is 108 cm³/mol. The van der Waals surface area contributed by atoms with Crippen molar-refractivity contribution in [2.75, 3.05) is 37.7 Å². The van der Waals surface area contributed by atoms with Gasteiger partial charge in [0.15, 0.2) is 29.6 Å². The number of likely N-dealkylation sites (tertiary alicyclic amines) is 1. The van der Waals surface area contributed by atoms with E-state index in [1.807, 2.05) is 24.0 Å². The number of para-hydroxylation sites is 1. The Hall–Kier alpha value is -3.23. The molecule has 5 rings (SSSR count). The van der Waals surface area contributed by atoms with Crippen LogP contribution in [0.2, 0.25) is 0 Å². The van der Waals surface area contributed by atoms with Crippen LogP contribution in [-0.4, -0.2) is 63.4 Å². The highest BCUT2D eigenvalue weighted by molar-refractivity contribution is 5.78. The molecular formula is C21H23FN6O2. The van der Waals surface area contributed by atoms with E-state index >= 15 is 0 Å². The van der Waals surface area contributed by atoms with Gasteiger partial charge >= 0.3 is 0 Å². The number of hydrogen-bond acceptors (Lipinski definition) is 6. The lowest BCUT2D eigenvalue weighted by atomic mass is 10.0. The van der Waals surface area contributed by atoms with Gasteiger partial charge in [0.1, 0.15) is 5.82 Å². The molecule has 156 valence electrons. The quantitative estimate of drug-likeness (QED) is 0.639. The maximum absolute atomic E-state index is 13.7. The molecule has 8 nitrogen and oxygen atoms in total. The molecule has 4 heterocycles. The highest BCUT2D eigenvalue weighted by Gasteiger charge is 2.42. The van der Waals surface area contributed by atoms with E-state index in [0.717, 1.165) is 36.8 Å². The third-order valence-electron chi connectivity index (χ3n) is 5.98. The number of benzene rings is 1. The third-order valence-corrected chi connectivity index (χ3v) is 5.98. The van der Waals surface area contributed by atoms with Crippen LogP contribution in [0.25, 0.3) is 5.65 Å². The molecule has 2 aliphatic heterocycles. The maximum atomic E-state index is 13.7. The molecule has 2 atom stereocenters. The van der Waals surface area contributed by atoms with Crippen molar-refractivity contribution in [2.45, 2.75) is 13.3 Å². The number of aryl methyl sites for hydroxylation is 1. The molecule has 30 heavy (non-hydrogen) atoms. The number of hydrogen-bond donors (Lipinski definition) is 0. The number of nitrogens with zero attached hydrogens (tertiary/aromatic N) is 6. The minimum absolute atomic E-state index is 0.101. The number of amides is 1. The van der Waals surface area contributed by atoms with Crippen molar-refractivity contribution in [3.63, 3.8) is 0 Å². The van der Waals surface area contributed by atoms with Gasteiger partial charge in [-0.1, -0.05) is 19.1 Å². The van der Waals surface area contributed by atoms with Crippen molar-refractivity contribution in [3.8, 4) is 5.75 Å². The molecule has 3 aromatic rings. The van der Waals surface area contributed by atoms with Gasteiger partial charge in [-0.05, 0) is 24.3 Å². The minimum atomic E-state index is -0.456. The van der Waals surface area contributed by atoms with Crippen LogP contribution in [0.4, 0.5) is 10.2 Å². The summed E-state index contributed by atoms with van der Waals surface area (Å²) >= 11 is 0. The van der Waals surface area contributed by atoms with E-state index in [4.69, 9.17) is 9.84 Å². The normalized spacial score (nSPS) is 20.7. The highest BCUT2D eigenvalue weighted by atomic mass is 19.1. The molecule has 2 unspecified atom stereocenters. The smallest absolute Gasteiger partial charge is 0.260 e. The number of ether oxygens (including phenoxy) is 1. The van der Waals surface area contributed by atoms with Crippen LogP contribution in [0.1, 0.15) is 12.7 Å². The number of aromatic nitrogens is 4. The van der Waals surface area contributed by atoms with E-state index in [1.165, 1.54) is 12.1 Å². The van der Waals surface area contributed by atoms with E-state index in [2.05, 4.69) is 15.1 Å². The Morgan fingerprint density at radius 1 is 1.10 bits per heavy atom. The summed E-state index contributed by atoms with van der Waals surface area (Å²) in [6.07, 6.45) is 0.773. The Morgan fingerprint density at radius 2 is 1.87 bits per heavy atom. The van der Waals surface area contributed by atoms with Gasteiger partial charge in [0, 0.05) is 44.4 Å². The molecule has 0 bridgehead atoms. The lowest BCUT2D eigenvalue weighted by molar-refractivity contribution is -0.132. The molecule has 9 heteroatoms. The van der Waals surface area contributed by atoms with Crippen LogP contribution in [0, 0.1) is 17.7 Å². The van der Waals surface area contributed by atoms with Crippen LogP contribution in [0.5, 0.6) is 5.75 Å². The van der Waals surface area contributed by atoms with E-state index in [-0.39, 0.29) is 18.3 Å². The van der Waals surface area contributed by atoms with Crippen molar-refractivity contribution in [2.24, 2.45) is 11.8 Å². The molecule has 0 N–H and O–H groups in total. The van der Waals surface area contributed by atoms with E-state index in [1.54, 1.807) is 16.6 Å². The molecule has 0 radical (unpaired) electrons. The molecule has 2 fully saturated rings. The standard InChI is InChI=1S/C21H23FN6O2/c1-2-18-23-24-19-7-8-20(25-28(18)19)26-9-14-11-27(12-15(14)10-26)21(29)13-30-17-6-4-3-5-16(17)22/h3-8,14-15H,2,9-13H2,1H3. The summed E-state index contributed by atoms with van der Waals surface area (Å²) in [5.74, 6) is 2.10. The minimum Gasteiger partial charge on any atom is -0.481 e. The largest absolute Gasteiger partial charge is 0.481 e. The van der Waals surface area contributed by atoms with Gasteiger partial charge in [0.05, 0.1) is 0 Å². The number of anilines is 1. The predicted octanol–water partition coefficient (Wildman–Crippen LogP) is 1.80. The molecule has 0 aliphatic carbocycles. The molecule has 0 spiro atoms. The third kappa shape index (κ3) is 3.34. The van der Waals surface area contributed by atoms with Gasteiger partial charge in [-0.3, -0.25) is 4.79 Å². The summed E-state index contributed by atoms with van der Waals surface area (Å²) in [5, 5.41) is 13.0. The maximum Gasteiger partial charge on any atom is 0.260 e. The van der Waals surface area contributed by atoms with Crippen LogP contribution >= 0.6 is 0 Å². The van der Waals surface area contributed by atoms with Gasteiger partial charge in [-0.25, -0.2) is 4.39 Å². The Balaban J connectivity index is 1.20. The average molecular weight is 410 g/mol. The molecule has 2 aromatic heterocycles. The summed E-state index contributed by atoms with van der Waals surface area (Å²) in [7, 11) is 0. The van der Waals surface area contributed by atoms with Crippen LogP contribution in [0.3, 0.4) is 0 Å². The van der Waals surface area contributed by atoms with Crippen molar-refractivity contribution in [1.29, 1.82) is 0 Å². The zero-order valence-corrected chi connectivity index (χ0v) is 16.7. The summed E-state index contributed by atoms with van der Waals surface area (Å²) in [6, 6.07) is 10.1. The molecule has 1 aromatic carbocycles. The first kappa shape index (κ1) is 18.8. The SMILES string of the molecule is CCc1nnc2ccc(N3CC4CN(C(=O)COc5ccccc5F)CC4C3)nn12. The topological polar surface area (TPSA) is 75.9 Å². The van der Waals surface area contributed by atoms with Gasteiger partial charge < -0.3 is 14.5 Å². The van der Waals surface area contributed by atoms with Crippen molar-refractivity contribution < 1.29 is 13.9 Å². The lowest BCUT2D eigenvalue weighted by Gasteiger charge is -2.22. The van der Waals surface area contributed by atoms with Gasteiger partial charge in [0.2, 0.25) is 0 Å². The second kappa shape index (κ2) is 7.55. The number of halogens is 1. The zero-order chi connectivity index (χ0) is 20.7. The number of carbonyl (C=O) groups is 1. The Morgan fingerprint density at radius 3 is 2.60 bits per heavy atom. The fourth-order valence-electron chi connectivity index (χ4n) is 4.39. The summed E-state index contributed by atoms with van der Waals surface area (Å²) in [5.41, 5.74) is 0.751. The fraction of sp³-hybridized carbons (Fsp3) is 0.429. The van der Waals surface area contributed by atoms with E-state index in [0.29, 0.717) is 24.9 Å². The average Bonchev–Trinajstić information content (AvgIpc) is 3.45. The lowest BCUT2D eigenvalue weighted by Crippen LogP contribution is -2.36. The van der Waals surface area contributed by atoms with Gasteiger partial charge in [-0.2, -0.15) is 4.52 Å². The molecule has 1 amide bonds. The Bertz CT molecular complexity index is 1070. The second-order valence-electron chi connectivity index (χ2n) is 7.87. The molecular weight excluding hydrogens is 387 g/mol. The van der Waals surface area contributed by atoms with Crippen molar-refractivity contribution in [3.05, 3.63) is 48.0 Å². The zero-order valence-electron chi connectivity index (χ0n) is 16.7. The van der Waals surface area contributed by atoms with Gasteiger partial charge in [-0.15, -0.1) is 15.3 Å². The summed E-state index contributed by atoms with van der Waals surface area (Å²) in [6.45, 7) is 4.98. The van der Waals surface area contributed by atoms with E-state index < -0.39 is 5.82 Å². The fourth-order valence-corrected chi connectivity index (χ4v) is 4.39. The summed E-state index contributed by atoms with van der Waals surface area (Å²) in [4.78, 5) is 16.6. The Kier molecular flexibility index (Phi) is 4.72. The van der Waals surface area contributed by atoms with Crippen LogP contribution in [-0.2, 0) is 11.2 Å². The second-order valence-corrected chi connectivity index (χ2v) is 7.87. The molecule has 2 aliphatic rings. The van der Waals surface area contributed by atoms with Crippen LogP contribution < -0.4 is 9.64 Å². The number of rotatable bonds is 5. The highest BCUT2D eigenvalue weighted by Crippen LogP contribution is 2.33. The van der Waals surface area contributed by atoms with Gasteiger partial charge in [0.25, 0.3) is 5.91 Å². The Labute approximate surface area is 173 Å². The number of carbonyl (C=O) groups excluding carboxylic acids is 1. The molecule has 2 saturated heterocycles. The first-order chi connectivity index (χ1) is 14.6. The molecule has 0 saturated carbocycles.